The van der Waals surface area contributed by atoms with Gasteiger partial charge in [-0.25, -0.2) is 0 Å². The van der Waals surface area contributed by atoms with Crippen LogP contribution < -0.4 is 15.2 Å². The van der Waals surface area contributed by atoms with Crippen molar-refractivity contribution < 1.29 is 9.47 Å². The molecule has 2 N–H and O–H groups in total. The van der Waals surface area contributed by atoms with Gasteiger partial charge in [0.1, 0.15) is 0 Å². The van der Waals surface area contributed by atoms with E-state index in [2.05, 4.69) is 4.98 Å². The first-order valence-electron chi connectivity index (χ1n) is 6.71. The third-order valence-electron chi connectivity index (χ3n) is 3.21. The number of anilines is 1. The molecule has 0 spiro atoms. The molecule has 1 saturated carbocycles. The van der Waals surface area contributed by atoms with E-state index in [9.17, 15) is 0 Å². The maximum absolute atomic E-state index is 5.80. The number of hydrogen-bond acceptors (Lipinski definition) is 4. The normalized spacial score (nSPS) is 15.5. The summed E-state index contributed by atoms with van der Waals surface area (Å²) in [5, 5.41) is 0. The van der Waals surface area contributed by atoms with Crippen molar-refractivity contribution in [2.45, 2.75) is 45.6 Å². The standard InChI is InChI=1S/C14H22N2O2/c1-10(2)18-14-12(15)6-7-13(16-14)17-9-8-11-4-3-5-11/h6-7,10-11H,3-5,8-9,15H2,1-2H3. The van der Waals surface area contributed by atoms with Crippen LogP contribution in [0.25, 0.3) is 0 Å². The fraction of sp³-hybridized carbons (Fsp3) is 0.643. The topological polar surface area (TPSA) is 57.4 Å². The van der Waals surface area contributed by atoms with Gasteiger partial charge in [-0.05, 0) is 32.3 Å². The Morgan fingerprint density at radius 2 is 2.17 bits per heavy atom. The fourth-order valence-electron chi connectivity index (χ4n) is 1.94. The van der Waals surface area contributed by atoms with Gasteiger partial charge in [-0.2, -0.15) is 4.98 Å². The molecule has 1 aliphatic carbocycles. The Hall–Kier alpha value is -1.45. The Kier molecular flexibility index (Phi) is 4.28. The summed E-state index contributed by atoms with van der Waals surface area (Å²) >= 11 is 0. The van der Waals surface area contributed by atoms with Gasteiger partial charge in [0, 0.05) is 6.07 Å². The molecule has 0 bridgehead atoms. The Morgan fingerprint density at radius 3 is 2.78 bits per heavy atom. The lowest BCUT2D eigenvalue weighted by Crippen LogP contribution is -2.15. The van der Waals surface area contributed by atoms with E-state index in [-0.39, 0.29) is 6.10 Å². The molecule has 18 heavy (non-hydrogen) atoms. The monoisotopic (exact) mass is 250 g/mol. The zero-order valence-electron chi connectivity index (χ0n) is 11.2. The first kappa shape index (κ1) is 13.0. The molecule has 0 aromatic carbocycles. The van der Waals surface area contributed by atoms with E-state index in [1.165, 1.54) is 19.3 Å². The third kappa shape index (κ3) is 3.52. The van der Waals surface area contributed by atoms with Gasteiger partial charge >= 0.3 is 0 Å². The lowest BCUT2D eigenvalue weighted by atomic mass is 9.83. The molecular weight excluding hydrogens is 228 g/mol. The maximum atomic E-state index is 5.80. The van der Waals surface area contributed by atoms with Crippen LogP contribution in [0.15, 0.2) is 12.1 Å². The predicted molar refractivity (Wildman–Crippen MR) is 71.9 cm³/mol. The first-order chi connectivity index (χ1) is 8.65. The minimum absolute atomic E-state index is 0.0602. The van der Waals surface area contributed by atoms with Crippen LogP contribution in [0, 0.1) is 5.92 Å². The van der Waals surface area contributed by atoms with Crippen molar-refractivity contribution in [3.05, 3.63) is 12.1 Å². The molecule has 1 aliphatic rings. The number of nitrogens with zero attached hydrogens (tertiary/aromatic N) is 1. The van der Waals surface area contributed by atoms with Crippen LogP contribution in [-0.4, -0.2) is 17.7 Å². The van der Waals surface area contributed by atoms with Gasteiger partial charge in [-0.1, -0.05) is 19.3 Å². The lowest BCUT2D eigenvalue weighted by Gasteiger charge is -2.24. The molecule has 0 aliphatic heterocycles. The van der Waals surface area contributed by atoms with E-state index >= 15 is 0 Å². The van der Waals surface area contributed by atoms with Crippen LogP contribution in [0.5, 0.6) is 11.8 Å². The van der Waals surface area contributed by atoms with Crippen LogP contribution in [0.1, 0.15) is 39.5 Å². The molecule has 1 aromatic heterocycles. The lowest BCUT2D eigenvalue weighted by molar-refractivity contribution is 0.208. The van der Waals surface area contributed by atoms with Gasteiger partial charge in [0.25, 0.3) is 0 Å². The third-order valence-corrected chi connectivity index (χ3v) is 3.21. The Morgan fingerprint density at radius 1 is 1.39 bits per heavy atom. The largest absolute Gasteiger partial charge is 0.478 e. The SMILES string of the molecule is CC(C)Oc1nc(OCCC2CCC2)ccc1N. The van der Waals surface area contributed by atoms with E-state index in [4.69, 9.17) is 15.2 Å². The summed E-state index contributed by atoms with van der Waals surface area (Å²) in [6.45, 7) is 4.62. The number of nitrogens with two attached hydrogens (primary N) is 1. The average molecular weight is 250 g/mol. The second kappa shape index (κ2) is 5.94. The second-order valence-electron chi connectivity index (χ2n) is 5.14. The van der Waals surface area contributed by atoms with Crippen molar-refractivity contribution in [1.29, 1.82) is 0 Å². The van der Waals surface area contributed by atoms with Gasteiger partial charge in [0.15, 0.2) is 0 Å². The quantitative estimate of drug-likeness (QED) is 0.843. The molecule has 4 heteroatoms. The molecule has 4 nitrogen and oxygen atoms in total. The molecule has 0 atom stereocenters. The van der Waals surface area contributed by atoms with Crippen molar-refractivity contribution in [2.24, 2.45) is 5.92 Å². The molecule has 0 saturated heterocycles. The summed E-state index contributed by atoms with van der Waals surface area (Å²) in [5.41, 5.74) is 6.35. The number of hydrogen-bond donors (Lipinski definition) is 1. The van der Waals surface area contributed by atoms with Gasteiger partial charge in [-0.15, -0.1) is 0 Å². The van der Waals surface area contributed by atoms with Crippen molar-refractivity contribution in [2.75, 3.05) is 12.3 Å². The highest BCUT2D eigenvalue weighted by Gasteiger charge is 2.17. The summed E-state index contributed by atoms with van der Waals surface area (Å²) in [7, 11) is 0. The minimum atomic E-state index is 0.0602. The Bertz CT molecular complexity index is 389. The number of rotatable bonds is 6. The molecular formula is C14H22N2O2. The van der Waals surface area contributed by atoms with E-state index in [0.29, 0.717) is 17.4 Å². The molecule has 1 aromatic rings. The van der Waals surface area contributed by atoms with E-state index < -0.39 is 0 Å². The van der Waals surface area contributed by atoms with Gasteiger partial charge < -0.3 is 15.2 Å². The van der Waals surface area contributed by atoms with Crippen molar-refractivity contribution in [1.82, 2.24) is 4.98 Å². The number of aromatic nitrogens is 1. The van der Waals surface area contributed by atoms with Crippen LogP contribution in [0.4, 0.5) is 5.69 Å². The summed E-state index contributed by atoms with van der Waals surface area (Å²) in [6, 6.07) is 3.58. The molecule has 100 valence electrons. The molecule has 2 rings (SSSR count). The number of ether oxygens (including phenoxy) is 2. The summed E-state index contributed by atoms with van der Waals surface area (Å²) < 4.78 is 11.2. The Labute approximate surface area is 108 Å². The smallest absolute Gasteiger partial charge is 0.240 e. The van der Waals surface area contributed by atoms with Crippen LogP contribution in [0.2, 0.25) is 0 Å². The highest BCUT2D eigenvalue weighted by molar-refractivity contribution is 5.49. The zero-order chi connectivity index (χ0) is 13.0. The average Bonchev–Trinajstić information content (AvgIpc) is 2.25. The van der Waals surface area contributed by atoms with Crippen molar-refractivity contribution >= 4 is 5.69 Å². The predicted octanol–water partition coefficient (Wildman–Crippen LogP) is 3.02. The molecule has 0 amide bonds. The second-order valence-corrected chi connectivity index (χ2v) is 5.14. The summed E-state index contributed by atoms with van der Waals surface area (Å²) in [6.07, 6.45) is 5.24. The molecule has 0 unspecified atom stereocenters. The fourth-order valence-corrected chi connectivity index (χ4v) is 1.94. The van der Waals surface area contributed by atoms with Crippen LogP contribution in [-0.2, 0) is 0 Å². The molecule has 0 radical (unpaired) electrons. The van der Waals surface area contributed by atoms with Crippen LogP contribution >= 0.6 is 0 Å². The van der Waals surface area contributed by atoms with E-state index in [1.807, 2.05) is 13.8 Å². The first-order valence-corrected chi connectivity index (χ1v) is 6.71. The highest BCUT2D eigenvalue weighted by Crippen LogP contribution is 2.29. The zero-order valence-corrected chi connectivity index (χ0v) is 11.2. The van der Waals surface area contributed by atoms with Crippen molar-refractivity contribution in [3.8, 4) is 11.8 Å². The van der Waals surface area contributed by atoms with E-state index in [1.54, 1.807) is 12.1 Å². The summed E-state index contributed by atoms with van der Waals surface area (Å²) in [5.74, 6) is 1.91. The molecule has 1 fully saturated rings. The highest BCUT2D eigenvalue weighted by atomic mass is 16.5. The van der Waals surface area contributed by atoms with Crippen LogP contribution in [0.3, 0.4) is 0 Å². The number of nitrogen functional groups attached to an aromatic ring is 1. The summed E-state index contributed by atoms with van der Waals surface area (Å²) in [4.78, 5) is 4.28. The number of pyridine rings is 1. The van der Waals surface area contributed by atoms with E-state index in [0.717, 1.165) is 18.9 Å². The molecule has 1 heterocycles. The minimum Gasteiger partial charge on any atom is -0.478 e. The van der Waals surface area contributed by atoms with Gasteiger partial charge in [-0.3, -0.25) is 0 Å². The van der Waals surface area contributed by atoms with Crippen molar-refractivity contribution in [3.63, 3.8) is 0 Å². The van der Waals surface area contributed by atoms with Gasteiger partial charge in [0.2, 0.25) is 11.8 Å². The van der Waals surface area contributed by atoms with Gasteiger partial charge in [0.05, 0.1) is 18.4 Å². The maximum Gasteiger partial charge on any atom is 0.240 e. The Balaban J connectivity index is 1.87.